The van der Waals surface area contributed by atoms with Gasteiger partial charge >= 0.3 is 0 Å². The predicted molar refractivity (Wildman–Crippen MR) is 99.8 cm³/mol. The largest absolute Gasteiger partial charge is 0.486 e. The minimum Gasteiger partial charge on any atom is -0.486 e. The van der Waals surface area contributed by atoms with Gasteiger partial charge in [0.05, 0.1) is 11.9 Å². The number of anilines is 2. The molecule has 0 radical (unpaired) electrons. The van der Waals surface area contributed by atoms with Gasteiger partial charge in [0.15, 0.2) is 11.5 Å². The lowest BCUT2D eigenvalue weighted by atomic mass is 10.1. The Labute approximate surface area is 152 Å². The quantitative estimate of drug-likeness (QED) is 0.886. The molecular weight excluding hydrogens is 356 g/mol. The Bertz CT molecular complexity index is 956. The molecular formula is C18H20N2O5S. The van der Waals surface area contributed by atoms with Gasteiger partial charge < -0.3 is 14.8 Å². The molecule has 7 nitrogen and oxygen atoms in total. The molecule has 3 rings (SSSR count). The van der Waals surface area contributed by atoms with Crippen LogP contribution in [0.2, 0.25) is 0 Å². The molecule has 2 aromatic carbocycles. The highest BCUT2D eigenvalue weighted by Crippen LogP contribution is 2.33. The molecule has 0 unspecified atom stereocenters. The van der Waals surface area contributed by atoms with E-state index in [1.165, 1.54) is 7.05 Å². The average molecular weight is 376 g/mol. The molecule has 1 amide bonds. The first-order valence-corrected chi connectivity index (χ1v) is 9.87. The third-order valence-corrected chi connectivity index (χ3v) is 5.38. The van der Waals surface area contributed by atoms with Crippen LogP contribution in [0.25, 0.3) is 0 Å². The molecule has 0 spiro atoms. The first kappa shape index (κ1) is 18.1. The molecule has 8 heteroatoms. The van der Waals surface area contributed by atoms with Crippen molar-refractivity contribution in [3.63, 3.8) is 0 Å². The lowest BCUT2D eigenvalue weighted by Crippen LogP contribution is -2.26. The molecule has 138 valence electrons. The van der Waals surface area contributed by atoms with Gasteiger partial charge in [-0.2, -0.15) is 0 Å². The van der Waals surface area contributed by atoms with E-state index in [0.717, 1.165) is 10.6 Å². The molecule has 0 fully saturated rings. The van der Waals surface area contributed by atoms with Gasteiger partial charge in [0.2, 0.25) is 10.0 Å². The van der Waals surface area contributed by atoms with Crippen LogP contribution in [0.5, 0.6) is 11.5 Å². The molecule has 2 aromatic rings. The topological polar surface area (TPSA) is 84.9 Å². The van der Waals surface area contributed by atoms with Crippen molar-refractivity contribution in [2.24, 2.45) is 0 Å². The second-order valence-electron chi connectivity index (χ2n) is 5.99. The van der Waals surface area contributed by atoms with Crippen molar-refractivity contribution in [3.8, 4) is 11.5 Å². The maximum Gasteiger partial charge on any atom is 0.256 e. The van der Waals surface area contributed by atoms with Crippen LogP contribution < -0.4 is 19.1 Å². The van der Waals surface area contributed by atoms with Crippen molar-refractivity contribution in [3.05, 3.63) is 47.5 Å². The van der Waals surface area contributed by atoms with Gasteiger partial charge in [-0.25, -0.2) is 8.42 Å². The van der Waals surface area contributed by atoms with Gasteiger partial charge in [-0.1, -0.05) is 6.07 Å². The van der Waals surface area contributed by atoms with E-state index in [4.69, 9.17) is 9.47 Å². The number of carbonyl (C=O) groups is 1. The van der Waals surface area contributed by atoms with E-state index in [0.29, 0.717) is 47.2 Å². The molecule has 1 heterocycles. The molecule has 1 N–H and O–H groups in total. The van der Waals surface area contributed by atoms with Crippen LogP contribution in [-0.4, -0.2) is 40.8 Å². The Morgan fingerprint density at radius 1 is 1.12 bits per heavy atom. The van der Waals surface area contributed by atoms with Gasteiger partial charge in [0, 0.05) is 24.4 Å². The SMILES string of the molecule is Cc1c(C(=O)Nc2ccc3c(c2)OCCO3)cccc1N(C)S(C)(=O)=O. The summed E-state index contributed by atoms with van der Waals surface area (Å²) in [5.41, 5.74) is 2.01. The fraction of sp³-hybridized carbons (Fsp3) is 0.278. The number of fused-ring (bicyclic) bond motifs is 1. The lowest BCUT2D eigenvalue weighted by molar-refractivity contribution is 0.102. The molecule has 0 atom stereocenters. The van der Waals surface area contributed by atoms with Crippen molar-refractivity contribution in [2.75, 3.05) is 36.1 Å². The Morgan fingerprint density at radius 3 is 2.50 bits per heavy atom. The van der Waals surface area contributed by atoms with Crippen molar-refractivity contribution < 1.29 is 22.7 Å². The summed E-state index contributed by atoms with van der Waals surface area (Å²) < 4.78 is 35.7. The number of hydrogen-bond donors (Lipinski definition) is 1. The third-order valence-electron chi connectivity index (χ3n) is 4.19. The van der Waals surface area contributed by atoms with E-state index in [9.17, 15) is 13.2 Å². The van der Waals surface area contributed by atoms with Crippen LogP contribution in [0.4, 0.5) is 11.4 Å². The number of hydrogen-bond acceptors (Lipinski definition) is 5. The van der Waals surface area contributed by atoms with Crippen molar-refractivity contribution in [2.45, 2.75) is 6.92 Å². The van der Waals surface area contributed by atoms with Gasteiger partial charge in [0.25, 0.3) is 5.91 Å². The molecule has 0 saturated heterocycles. The number of nitrogens with one attached hydrogen (secondary N) is 1. The number of nitrogens with zero attached hydrogens (tertiary/aromatic N) is 1. The fourth-order valence-corrected chi connectivity index (χ4v) is 3.26. The zero-order valence-electron chi connectivity index (χ0n) is 14.8. The zero-order valence-corrected chi connectivity index (χ0v) is 15.6. The average Bonchev–Trinajstić information content (AvgIpc) is 2.60. The normalized spacial score (nSPS) is 13.2. The minimum absolute atomic E-state index is 0.331. The molecule has 0 saturated carbocycles. The molecule has 26 heavy (non-hydrogen) atoms. The number of ether oxygens (including phenoxy) is 2. The molecule has 0 aliphatic carbocycles. The number of benzene rings is 2. The summed E-state index contributed by atoms with van der Waals surface area (Å²) in [6.45, 7) is 2.68. The van der Waals surface area contributed by atoms with Crippen molar-refractivity contribution >= 4 is 27.3 Å². The maximum atomic E-state index is 12.7. The summed E-state index contributed by atoms with van der Waals surface area (Å²) in [5, 5.41) is 2.81. The van der Waals surface area contributed by atoms with Crippen LogP contribution in [0.1, 0.15) is 15.9 Å². The third kappa shape index (κ3) is 3.60. The first-order valence-electron chi connectivity index (χ1n) is 8.02. The van der Waals surface area contributed by atoms with Crippen LogP contribution in [-0.2, 0) is 10.0 Å². The first-order chi connectivity index (χ1) is 12.3. The standard InChI is InChI=1S/C18H20N2O5S/c1-12-14(5-4-6-15(12)20(2)26(3,22)23)18(21)19-13-7-8-16-17(11-13)25-10-9-24-16/h4-8,11H,9-10H2,1-3H3,(H,19,21). The Balaban J connectivity index is 1.87. The van der Waals surface area contributed by atoms with E-state index in [1.54, 1.807) is 43.3 Å². The highest BCUT2D eigenvalue weighted by molar-refractivity contribution is 7.92. The minimum atomic E-state index is -3.42. The summed E-state index contributed by atoms with van der Waals surface area (Å²) in [6.07, 6.45) is 1.12. The molecule has 0 aromatic heterocycles. The summed E-state index contributed by atoms with van der Waals surface area (Å²) in [6, 6.07) is 10.1. The summed E-state index contributed by atoms with van der Waals surface area (Å²) >= 11 is 0. The lowest BCUT2D eigenvalue weighted by Gasteiger charge is -2.21. The molecule has 1 aliphatic rings. The summed E-state index contributed by atoms with van der Waals surface area (Å²) in [4.78, 5) is 12.7. The van der Waals surface area contributed by atoms with Gasteiger partial charge in [-0.05, 0) is 36.8 Å². The number of sulfonamides is 1. The second kappa shape index (κ2) is 6.87. The van der Waals surface area contributed by atoms with Crippen LogP contribution in [0.3, 0.4) is 0 Å². The smallest absolute Gasteiger partial charge is 0.256 e. The van der Waals surface area contributed by atoms with Crippen molar-refractivity contribution in [1.82, 2.24) is 0 Å². The van der Waals surface area contributed by atoms with Crippen molar-refractivity contribution in [1.29, 1.82) is 0 Å². The zero-order chi connectivity index (χ0) is 18.9. The maximum absolute atomic E-state index is 12.7. The van der Waals surface area contributed by atoms with E-state index in [1.807, 2.05) is 0 Å². The number of rotatable bonds is 4. The van der Waals surface area contributed by atoms with Crippen LogP contribution in [0, 0.1) is 6.92 Å². The molecule has 0 bridgehead atoms. The number of carbonyl (C=O) groups excluding carboxylic acids is 1. The Kier molecular flexibility index (Phi) is 4.78. The highest BCUT2D eigenvalue weighted by Gasteiger charge is 2.19. The molecule has 1 aliphatic heterocycles. The summed E-state index contributed by atoms with van der Waals surface area (Å²) in [7, 11) is -1.96. The van der Waals surface area contributed by atoms with E-state index < -0.39 is 10.0 Å². The predicted octanol–water partition coefficient (Wildman–Crippen LogP) is 2.41. The second-order valence-corrected chi connectivity index (χ2v) is 8.01. The highest BCUT2D eigenvalue weighted by atomic mass is 32.2. The van der Waals surface area contributed by atoms with Gasteiger partial charge in [0.1, 0.15) is 13.2 Å². The number of amides is 1. The fourth-order valence-electron chi connectivity index (χ4n) is 2.71. The Hall–Kier alpha value is -2.74. The van der Waals surface area contributed by atoms with E-state index >= 15 is 0 Å². The van der Waals surface area contributed by atoms with Crippen LogP contribution in [0.15, 0.2) is 36.4 Å². The Morgan fingerprint density at radius 2 is 1.81 bits per heavy atom. The van der Waals surface area contributed by atoms with Crippen LogP contribution >= 0.6 is 0 Å². The summed E-state index contributed by atoms with van der Waals surface area (Å²) in [5.74, 6) is 0.890. The van der Waals surface area contributed by atoms with Gasteiger partial charge in [-0.3, -0.25) is 9.10 Å². The monoisotopic (exact) mass is 376 g/mol. The van der Waals surface area contributed by atoms with Gasteiger partial charge in [-0.15, -0.1) is 0 Å². The van der Waals surface area contributed by atoms with E-state index in [2.05, 4.69) is 5.32 Å². The van der Waals surface area contributed by atoms with E-state index in [-0.39, 0.29) is 5.91 Å².